The Labute approximate surface area is 119 Å². The Morgan fingerprint density at radius 2 is 1.95 bits per heavy atom. The van der Waals surface area contributed by atoms with Crippen molar-refractivity contribution in [1.29, 1.82) is 0 Å². The van der Waals surface area contributed by atoms with Crippen LogP contribution in [0.1, 0.15) is 36.2 Å². The lowest BCUT2D eigenvalue weighted by Gasteiger charge is -2.21. The highest BCUT2D eigenvalue weighted by atomic mass is 16.5. The van der Waals surface area contributed by atoms with Crippen LogP contribution in [0, 0.1) is 18.3 Å². The molecule has 1 aromatic carbocycles. The second kappa shape index (κ2) is 7.34. The molecule has 0 fully saturated rings. The summed E-state index contributed by atoms with van der Waals surface area (Å²) in [4.78, 5) is 23.8. The van der Waals surface area contributed by atoms with Crippen LogP contribution in [0.25, 0.3) is 0 Å². The molecule has 0 aliphatic carbocycles. The first-order valence-corrected chi connectivity index (χ1v) is 6.48. The Morgan fingerprint density at radius 1 is 1.35 bits per heavy atom. The molecule has 4 heteroatoms. The first-order valence-electron chi connectivity index (χ1n) is 6.48. The standard InChI is InChI=1S/C16H19NO3/c1-5-11(3)14(16(19)20-4)17-15(18)13-9-7-12(6-2)8-10-13/h2,7-11,14H,5H2,1,3-4H3,(H,17,18)/t11-,14-/m0/s1. The van der Waals surface area contributed by atoms with Crippen molar-refractivity contribution in [1.82, 2.24) is 5.32 Å². The maximum Gasteiger partial charge on any atom is 0.328 e. The summed E-state index contributed by atoms with van der Waals surface area (Å²) in [5, 5.41) is 2.71. The van der Waals surface area contributed by atoms with Crippen LogP contribution in [0.5, 0.6) is 0 Å². The van der Waals surface area contributed by atoms with Gasteiger partial charge in [0.25, 0.3) is 5.91 Å². The molecule has 1 amide bonds. The van der Waals surface area contributed by atoms with Crippen LogP contribution in [0.3, 0.4) is 0 Å². The van der Waals surface area contributed by atoms with Gasteiger partial charge in [0.05, 0.1) is 7.11 Å². The lowest BCUT2D eigenvalue weighted by molar-refractivity contribution is -0.144. The van der Waals surface area contributed by atoms with E-state index in [1.54, 1.807) is 24.3 Å². The molecule has 106 valence electrons. The van der Waals surface area contributed by atoms with Crippen molar-refractivity contribution in [2.45, 2.75) is 26.3 Å². The molecule has 1 aromatic rings. The second-order valence-corrected chi connectivity index (χ2v) is 4.58. The molecule has 4 nitrogen and oxygen atoms in total. The van der Waals surface area contributed by atoms with E-state index in [0.717, 1.165) is 6.42 Å². The average Bonchev–Trinajstić information content (AvgIpc) is 2.50. The summed E-state index contributed by atoms with van der Waals surface area (Å²) in [7, 11) is 1.31. The highest BCUT2D eigenvalue weighted by Gasteiger charge is 2.26. The summed E-state index contributed by atoms with van der Waals surface area (Å²) in [6, 6.07) is 5.99. The van der Waals surface area contributed by atoms with Gasteiger partial charge in [0, 0.05) is 11.1 Å². The van der Waals surface area contributed by atoms with Crippen LogP contribution in [-0.4, -0.2) is 25.0 Å². The van der Waals surface area contributed by atoms with E-state index >= 15 is 0 Å². The van der Waals surface area contributed by atoms with Gasteiger partial charge < -0.3 is 10.1 Å². The predicted octanol–water partition coefficient (Wildman–Crippen LogP) is 1.99. The Hall–Kier alpha value is -2.28. The minimum Gasteiger partial charge on any atom is -0.467 e. The molecular formula is C16H19NO3. The van der Waals surface area contributed by atoms with Crippen molar-refractivity contribution >= 4 is 11.9 Å². The molecule has 0 saturated carbocycles. The molecule has 0 aliphatic heterocycles. The zero-order valence-electron chi connectivity index (χ0n) is 12.0. The zero-order chi connectivity index (χ0) is 15.1. The molecule has 20 heavy (non-hydrogen) atoms. The first-order chi connectivity index (χ1) is 9.53. The fourth-order valence-electron chi connectivity index (χ4n) is 1.74. The maximum atomic E-state index is 12.1. The lowest BCUT2D eigenvalue weighted by atomic mass is 9.98. The molecule has 0 unspecified atom stereocenters. The van der Waals surface area contributed by atoms with Crippen LogP contribution >= 0.6 is 0 Å². The number of amides is 1. The largest absolute Gasteiger partial charge is 0.467 e. The normalized spacial score (nSPS) is 12.9. The van der Waals surface area contributed by atoms with Gasteiger partial charge in [-0.3, -0.25) is 4.79 Å². The molecule has 1 rings (SSSR count). The third-order valence-electron chi connectivity index (χ3n) is 3.27. The number of benzene rings is 1. The Bertz CT molecular complexity index is 514. The molecular weight excluding hydrogens is 254 g/mol. The van der Waals surface area contributed by atoms with Gasteiger partial charge in [-0.2, -0.15) is 0 Å². The quantitative estimate of drug-likeness (QED) is 0.659. The molecule has 0 saturated heterocycles. The smallest absolute Gasteiger partial charge is 0.328 e. The number of rotatable bonds is 5. The highest BCUT2D eigenvalue weighted by Crippen LogP contribution is 2.11. The van der Waals surface area contributed by atoms with Gasteiger partial charge in [-0.15, -0.1) is 6.42 Å². The van der Waals surface area contributed by atoms with Crippen LogP contribution < -0.4 is 5.32 Å². The number of esters is 1. The monoisotopic (exact) mass is 273 g/mol. The van der Waals surface area contributed by atoms with E-state index in [1.165, 1.54) is 7.11 Å². The van der Waals surface area contributed by atoms with Gasteiger partial charge >= 0.3 is 5.97 Å². The molecule has 0 radical (unpaired) electrons. The Morgan fingerprint density at radius 3 is 2.40 bits per heavy atom. The number of nitrogens with one attached hydrogen (secondary N) is 1. The third kappa shape index (κ3) is 3.86. The first kappa shape index (κ1) is 15.8. The zero-order valence-corrected chi connectivity index (χ0v) is 12.0. The van der Waals surface area contributed by atoms with Gasteiger partial charge in [0.1, 0.15) is 6.04 Å². The van der Waals surface area contributed by atoms with Gasteiger partial charge in [0.2, 0.25) is 0 Å². The molecule has 1 N–H and O–H groups in total. The van der Waals surface area contributed by atoms with Crippen molar-refractivity contribution in [3.63, 3.8) is 0 Å². The predicted molar refractivity (Wildman–Crippen MR) is 77.1 cm³/mol. The number of ether oxygens (including phenoxy) is 1. The summed E-state index contributed by atoms with van der Waals surface area (Å²) in [5.41, 5.74) is 1.16. The molecule has 0 bridgehead atoms. The van der Waals surface area contributed by atoms with Crippen molar-refractivity contribution in [3.8, 4) is 12.3 Å². The fourth-order valence-corrected chi connectivity index (χ4v) is 1.74. The number of hydrogen-bond acceptors (Lipinski definition) is 3. The van der Waals surface area contributed by atoms with Gasteiger partial charge in [0.15, 0.2) is 0 Å². The van der Waals surface area contributed by atoms with E-state index in [1.807, 2.05) is 13.8 Å². The highest BCUT2D eigenvalue weighted by molar-refractivity contribution is 5.96. The van der Waals surface area contributed by atoms with E-state index in [9.17, 15) is 9.59 Å². The van der Waals surface area contributed by atoms with Crippen LogP contribution in [0.4, 0.5) is 0 Å². The van der Waals surface area contributed by atoms with Crippen LogP contribution in [0.15, 0.2) is 24.3 Å². The fraction of sp³-hybridized carbons (Fsp3) is 0.375. The van der Waals surface area contributed by atoms with Crippen molar-refractivity contribution in [2.75, 3.05) is 7.11 Å². The van der Waals surface area contributed by atoms with E-state index in [4.69, 9.17) is 11.2 Å². The summed E-state index contributed by atoms with van der Waals surface area (Å²) in [6.07, 6.45) is 6.02. The van der Waals surface area contributed by atoms with Crippen molar-refractivity contribution in [3.05, 3.63) is 35.4 Å². The number of carbonyl (C=O) groups excluding carboxylic acids is 2. The number of carbonyl (C=O) groups is 2. The number of methoxy groups -OCH3 is 1. The minimum absolute atomic E-state index is 0.00335. The van der Waals surface area contributed by atoms with E-state index < -0.39 is 12.0 Å². The molecule has 0 aromatic heterocycles. The SMILES string of the molecule is C#Cc1ccc(C(=O)N[C@H](C(=O)OC)[C@@H](C)CC)cc1. The maximum absolute atomic E-state index is 12.1. The van der Waals surface area contributed by atoms with E-state index in [-0.39, 0.29) is 11.8 Å². The molecule has 0 heterocycles. The third-order valence-corrected chi connectivity index (χ3v) is 3.27. The molecule has 0 aliphatic rings. The van der Waals surface area contributed by atoms with Crippen molar-refractivity contribution < 1.29 is 14.3 Å². The summed E-state index contributed by atoms with van der Waals surface area (Å²) < 4.78 is 4.73. The van der Waals surface area contributed by atoms with Gasteiger partial charge in [-0.05, 0) is 30.2 Å². The summed E-state index contributed by atoms with van der Waals surface area (Å²) in [6.45, 7) is 3.85. The minimum atomic E-state index is -0.648. The Balaban J connectivity index is 2.84. The van der Waals surface area contributed by atoms with Crippen molar-refractivity contribution in [2.24, 2.45) is 5.92 Å². The lowest BCUT2D eigenvalue weighted by Crippen LogP contribution is -2.45. The van der Waals surface area contributed by atoms with Crippen LogP contribution in [0.2, 0.25) is 0 Å². The topological polar surface area (TPSA) is 55.4 Å². The second-order valence-electron chi connectivity index (χ2n) is 4.58. The van der Waals surface area contributed by atoms with E-state index in [2.05, 4.69) is 11.2 Å². The molecule has 2 atom stereocenters. The number of hydrogen-bond donors (Lipinski definition) is 1. The summed E-state index contributed by atoms with van der Waals surface area (Å²) >= 11 is 0. The number of terminal acetylenes is 1. The molecule has 0 spiro atoms. The van der Waals surface area contributed by atoms with Gasteiger partial charge in [-0.25, -0.2) is 4.79 Å². The van der Waals surface area contributed by atoms with Crippen LogP contribution in [-0.2, 0) is 9.53 Å². The average molecular weight is 273 g/mol. The van der Waals surface area contributed by atoms with Gasteiger partial charge in [-0.1, -0.05) is 26.2 Å². The summed E-state index contributed by atoms with van der Waals surface area (Å²) in [5.74, 6) is 1.73. The Kier molecular flexibility index (Phi) is 5.79. The van der Waals surface area contributed by atoms with E-state index in [0.29, 0.717) is 11.1 Å².